The Labute approximate surface area is 152 Å². The number of pyridine rings is 1. The molecule has 0 spiro atoms. The fourth-order valence-corrected chi connectivity index (χ4v) is 3.17. The number of imidazole rings is 1. The summed E-state index contributed by atoms with van der Waals surface area (Å²) in [6.45, 7) is 1.88. The van der Waals surface area contributed by atoms with Crippen LogP contribution in [0.25, 0.3) is 16.9 Å². The van der Waals surface area contributed by atoms with Gasteiger partial charge in [0.25, 0.3) is 5.91 Å². The van der Waals surface area contributed by atoms with Gasteiger partial charge in [-0.05, 0) is 13.0 Å². The number of hydrogen-bond donors (Lipinski definition) is 1. The summed E-state index contributed by atoms with van der Waals surface area (Å²) in [5.41, 5.74) is 3.21. The molecule has 4 aromatic heterocycles. The van der Waals surface area contributed by atoms with E-state index in [4.69, 9.17) is 4.74 Å². The summed E-state index contributed by atoms with van der Waals surface area (Å²) in [5, 5.41) is 5.24. The van der Waals surface area contributed by atoms with Crippen LogP contribution in [0.3, 0.4) is 0 Å². The number of hydrogen-bond acceptors (Lipinski definition) is 7. The molecule has 8 nitrogen and oxygen atoms in total. The van der Waals surface area contributed by atoms with Crippen LogP contribution in [0.5, 0.6) is 5.88 Å². The lowest BCUT2D eigenvalue weighted by Crippen LogP contribution is -2.13. The standard InChI is InChI=1S/C17H14N6O2S/c1-10-9-26-17(21-10)22-16(24)12-5-11(8-23-4-3-18-15(12)23)13-6-20-14(25-2)7-19-13/h3-9H,1-2H3,(H,21,22,24). The Hall–Kier alpha value is -3.33. The number of nitrogens with zero attached hydrogens (tertiary/aromatic N) is 5. The summed E-state index contributed by atoms with van der Waals surface area (Å²) in [7, 11) is 1.53. The number of ether oxygens (including phenoxy) is 1. The van der Waals surface area contributed by atoms with Crippen LogP contribution in [0.15, 0.2) is 42.4 Å². The molecule has 0 aromatic carbocycles. The lowest BCUT2D eigenvalue weighted by Gasteiger charge is -2.08. The van der Waals surface area contributed by atoms with Gasteiger partial charge in [-0.2, -0.15) is 0 Å². The number of thiazole rings is 1. The van der Waals surface area contributed by atoms with Gasteiger partial charge in [0.15, 0.2) is 5.13 Å². The molecule has 4 heterocycles. The normalized spacial score (nSPS) is 10.8. The zero-order valence-electron chi connectivity index (χ0n) is 14.0. The molecule has 0 aliphatic carbocycles. The fraction of sp³-hybridized carbons (Fsp3) is 0.118. The Balaban J connectivity index is 1.75. The molecule has 0 saturated carbocycles. The number of nitrogens with one attached hydrogen (secondary N) is 1. The van der Waals surface area contributed by atoms with Crippen LogP contribution in [0, 0.1) is 6.92 Å². The minimum atomic E-state index is -0.279. The summed E-state index contributed by atoms with van der Waals surface area (Å²) in [6, 6.07) is 1.74. The molecule has 0 radical (unpaired) electrons. The van der Waals surface area contributed by atoms with Crippen molar-refractivity contribution in [3.8, 4) is 17.1 Å². The van der Waals surface area contributed by atoms with Crippen molar-refractivity contribution in [2.45, 2.75) is 6.92 Å². The van der Waals surface area contributed by atoms with E-state index >= 15 is 0 Å². The minimum absolute atomic E-state index is 0.279. The zero-order chi connectivity index (χ0) is 18.1. The third-order valence-electron chi connectivity index (χ3n) is 3.70. The van der Waals surface area contributed by atoms with Crippen LogP contribution < -0.4 is 10.1 Å². The van der Waals surface area contributed by atoms with Crippen molar-refractivity contribution in [3.05, 3.63) is 53.7 Å². The van der Waals surface area contributed by atoms with Crippen molar-refractivity contribution in [2.24, 2.45) is 0 Å². The summed E-state index contributed by atoms with van der Waals surface area (Å²) in [6.07, 6.45) is 8.40. The van der Waals surface area contributed by atoms with Crippen molar-refractivity contribution in [1.82, 2.24) is 24.3 Å². The second-order valence-corrected chi connectivity index (χ2v) is 6.35. The van der Waals surface area contributed by atoms with Gasteiger partial charge in [0.05, 0.1) is 36.5 Å². The van der Waals surface area contributed by atoms with E-state index in [1.54, 1.807) is 29.1 Å². The van der Waals surface area contributed by atoms with E-state index in [1.807, 2.05) is 18.5 Å². The number of carbonyl (C=O) groups is 1. The van der Waals surface area contributed by atoms with Gasteiger partial charge in [-0.1, -0.05) is 0 Å². The highest BCUT2D eigenvalue weighted by Crippen LogP contribution is 2.23. The summed E-state index contributed by atoms with van der Waals surface area (Å²) in [5.74, 6) is 0.147. The van der Waals surface area contributed by atoms with Crippen LogP contribution >= 0.6 is 11.3 Å². The topological polar surface area (TPSA) is 94.3 Å². The van der Waals surface area contributed by atoms with Crippen LogP contribution in [-0.4, -0.2) is 37.4 Å². The smallest absolute Gasteiger partial charge is 0.261 e. The number of amides is 1. The number of carbonyl (C=O) groups excluding carboxylic acids is 1. The second-order valence-electron chi connectivity index (χ2n) is 5.49. The number of aryl methyl sites for hydroxylation is 1. The molecule has 0 fully saturated rings. The first-order valence-corrected chi connectivity index (χ1v) is 8.58. The molecule has 26 heavy (non-hydrogen) atoms. The van der Waals surface area contributed by atoms with E-state index in [2.05, 4.69) is 25.3 Å². The summed E-state index contributed by atoms with van der Waals surface area (Å²) >= 11 is 1.38. The number of aromatic nitrogens is 5. The maximum absolute atomic E-state index is 12.8. The van der Waals surface area contributed by atoms with E-state index in [0.717, 1.165) is 11.3 Å². The molecule has 4 rings (SSSR count). The van der Waals surface area contributed by atoms with Crippen molar-refractivity contribution in [3.63, 3.8) is 0 Å². The van der Waals surface area contributed by atoms with Gasteiger partial charge in [0.1, 0.15) is 5.65 Å². The SMILES string of the molecule is COc1cnc(-c2cc(C(=O)Nc3nc(C)cs3)c3nccn3c2)cn1. The number of methoxy groups -OCH3 is 1. The molecular formula is C17H14N6O2S. The molecule has 0 aliphatic rings. The molecule has 0 unspecified atom stereocenters. The summed E-state index contributed by atoms with van der Waals surface area (Å²) in [4.78, 5) is 29.8. The number of rotatable bonds is 4. The van der Waals surface area contributed by atoms with Crippen LogP contribution in [0.4, 0.5) is 5.13 Å². The molecule has 4 aromatic rings. The molecule has 1 amide bonds. The molecular weight excluding hydrogens is 352 g/mol. The maximum atomic E-state index is 12.8. The maximum Gasteiger partial charge on any atom is 0.261 e. The highest BCUT2D eigenvalue weighted by Gasteiger charge is 2.16. The number of anilines is 1. The van der Waals surface area contributed by atoms with Crippen molar-refractivity contribution in [2.75, 3.05) is 12.4 Å². The Morgan fingerprint density at radius 3 is 2.85 bits per heavy atom. The second kappa shape index (κ2) is 6.52. The van der Waals surface area contributed by atoms with Crippen LogP contribution in [0.2, 0.25) is 0 Å². The predicted octanol–water partition coefficient (Wildman–Crippen LogP) is 2.82. The lowest BCUT2D eigenvalue weighted by molar-refractivity contribution is 0.102. The fourth-order valence-electron chi connectivity index (χ4n) is 2.49. The van der Waals surface area contributed by atoms with E-state index in [0.29, 0.717) is 27.9 Å². The molecule has 0 atom stereocenters. The van der Waals surface area contributed by atoms with Gasteiger partial charge < -0.3 is 9.14 Å². The summed E-state index contributed by atoms with van der Waals surface area (Å²) < 4.78 is 6.82. The first kappa shape index (κ1) is 16.2. The van der Waals surface area contributed by atoms with E-state index in [9.17, 15) is 4.79 Å². The lowest BCUT2D eigenvalue weighted by atomic mass is 10.1. The van der Waals surface area contributed by atoms with Gasteiger partial charge in [-0.25, -0.2) is 19.9 Å². The molecule has 0 bridgehead atoms. The largest absolute Gasteiger partial charge is 0.480 e. The van der Waals surface area contributed by atoms with Crippen molar-refractivity contribution in [1.29, 1.82) is 0 Å². The van der Waals surface area contributed by atoms with Gasteiger partial charge in [-0.3, -0.25) is 10.1 Å². The zero-order valence-corrected chi connectivity index (χ0v) is 14.8. The molecule has 0 aliphatic heterocycles. The van der Waals surface area contributed by atoms with E-state index in [-0.39, 0.29) is 5.91 Å². The Kier molecular flexibility index (Phi) is 4.05. The van der Waals surface area contributed by atoms with Gasteiger partial charge in [-0.15, -0.1) is 11.3 Å². The number of fused-ring (bicyclic) bond motifs is 1. The van der Waals surface area contributed by atoms with E-state index in [1.165, 1.54) is 24.6 Å². The quantitative estimate of drug-likeness (QED) is 0.597. The van der Waals surface area contributed by atoms with Crippen LogP contribution in [0.1, 0.15) is 16.1 Å². The molecule has 0 saturated heterocycles. The van der Waals surface area contributed by atoms with Crippen molar-refractivity contribution >= 4 is 28.0 Å². The first-order valence-electron chi connectivity index (χ1n) is 7.70. The molecule has 130 valence electrons. The van der Waals surface area contributed by atoms with Crippen molar-refractivity contribution < 1.29 is 9.53 Å². The average Bonchev–Trinajstić information content (AvgIpc) is 3.29. The molecule has 9 heteroatoms. The Bertz CT molecular complexity index is 1090. The Morgan fingerprint density at radius 2 is 2.15 bits per heavy atom. The highest BCUT2D eigenvalue weighted by molar-refractivity contribution is 7.13. The highest BCUT2D eigenvalue weighted by atomic mass is 32.1. The third kappa shape index (κ3) is 3.00. The van der Waals surface area contributed by atoms with E-state index < -0.39 is 0 Å². The van der Waals surface area contributed by atoms with Gasteiger partial charge >= 0.3 is 0 Å². The third-order valence-corrected chi connectivity index (χ3v) is 4.58. The van der Waals surface area contributed by atoms with Gasteiger partial charge in [0, 0.05) is 29.5 Å². The van der Waals surface area contributed by atoms with Crippen LogP contribution in [-0.2, 0) is 0 Å². The van der Waals surface area contributed by atoms with Gasteiger partial charge in [0.2, 0.25) is 5.88 Å². The minimum Gasteiger partial charge on any atom is -0.480 e. The monoisotopic (exact) mass is 366 g/mol. The predicted molar refractivity (Wildman–Crippen MR) is 97.6 cm³/mol. The average molecular weight is 366 g/mol. The molecule has 1 N–H and O–H groups in total. The first-order chi connectivity index (χ1) is 12.6. The Morgan fingerprint density at radius 1 is 1.27 bits per heavy atom.